The van der Waals surface area contributed by atoms with Crippen LogP contribution in [0.4, 0.5) is 0 Å². The molecule has 3 heterocycles. The summed E-state index contributed by atoms with van der Waals surface area (Å²) in [6, 6.07) is 4.05. The van der Waals surface area contributed by atoms with Crippen LogP contribution in [0, 0.1) is 0 Å². The van der Waals surface area contributed by atoms with Crippen LogP contribution in [0.25, 0.3) is 16.2 Å². The topological polar surface area (TPSA) is 30.2 Å². The van der Waals surface area contributed by atoms with E-state index in [9.17, 15) is 0 Å². The fourth-order valence-corrected chi connectivity index (χ4v) is 2.13. The summed E-state index contributed by atoms with van der Waals surface area (Å²) in [6.45, 7) is 0. The molecule has 0 unspecified atom stereocenters. The van der Waals surface area contributed by atoms with E-state index in [1.165, 1.54) is 0 Å². The summed E-state index contributed by atoms with van der Waals surface area (Å²) in [6.07, 6.45) is 7.53. The van der Waals surface area contributed by atoms with Crippen LogP contribution in [0.3, 0.4) is 0 Å². The van der Waals surface area contributed by atoms with Crippen molar-refractivity contribution < 1.29 is 0 Å². The van der Waals surface area contributed by atoms with Gasteiger partial charge < -0.3 is 4.40 Å². The van der Waals surface area contributed by atoms with Gasteiger partial charge in [0.1, 0.15) is 10.7 Å². The number of hydrogen-bond donors (Lipinski definition) is 0. The van der Waals surface area contributed by atoms with Crippen molar-refractivity contribution >= 4 is 17.0 Å². The Balaban J connectivity index is 2.36. The Bertz CT molecular complexity index is 554. The number of aromatic nitrogens is 3. The summed E-state index contributed by atoms with van der Waals surface area (Å²) in [5.41, 5.74) is 2.05. The van der Waals surface area contributed by atoms with E-state index in [-0.39, 0.29) is 0 Å². The molecule has 0 saturated heterocycles. The van der Waals surface area contributed by atoms with Crippen LogP contribution in [0.15, 0.2) is 42.3 Å². The van der Waals surface area contributed by atoms with Gasteiger partial charge in [-0.15, -0.1) is 11.3 Å². The monoisotopic (exact) mass is 201 g/mol. The molecule has 0 amide bonds. The number of rotatable bonds is 1. The van der Waals surface area contributed by atoms with Crippen molar-refractivity contribution in [3.8, 4) is 10.6 Å². The molecule has 0 fully saturated rings. The Morgan fingerprint density at radius 2 is 2.14 bits per heavy atom. The van der Waals surface area contributed by atoms with Crippen LogP contribution in [0.1, 0.15) is 0 Å². The molecule has 0 aromatic carbocycles. The molecule has 4 heteroatoms. The van der Waals surface area contributed by atoms with Gasteiger partial charge in [-0.1, -0.05) is 0 Å². The summed E-state index contributed by atoms with van der Waals surface area (Å²) in [5, 5.41) is 2.99. The molecule has 0 aliphatic carbocycles. The molecule has 0 aliphatic heterocycles. The van der Waals surface area contributed by atoms with Crippen molar-refractivity contribution in [2.75, 3.05) is 0 Å². The van der Waals surface area contributed by atoms with E-state index < -0.39 is 0 Å². The van der Waals surface area contributed by atoms with Crippen LogP contribution < -0.4 is 0 Å². The Hall–Kier alpha value is -1.68. The van der Waals surface area contributed by atoms with Crippen molar-refractivity contribution in [1.29, 1.82) is 0 Å². The first-order valence-corrected chi connectivity index (χ1v) is 5.15. The van der Waals surface area contributed by atoms with E-state index in [1.807, 2.05) is 40.5 Å². The molecule has 3 aromatic heterocycles. The summed E-state index contributed by atoms with van der Waals surface area (Å²) < 4.78 is 2.00. The summed E-state index contributed by atoms with van der Waals surface area (Å²) in [4.78, 5) is 8.59. The molecule has 3 rings (SSSR count). The first-order chi connectivity index (χ1) is 6.95. The lowest BCUT2D eigenvalue weighted by Crippen LogP contribution is -1.85. The zero-order chi connectivity index (χ0) is 9.38. The minimum absolute atomic E-state index is 0.961. The predicted octanol–water partition coefficient (Wildman–Crippen LogP) is 2.46. The van der Waals surface area contributed by atoms with E-state index in [0.29, 0.717) is 0 Å². The molecule has 0 aliphatic rings. The highest BCUT2D eigenvalue weighted by Crippen LogP contribution is 2.24. The first kappa shape index (κ1) is 7.70. The number of hydrogen-bond acceptors (Lipinski definition) is 3. The smallest absolute Gasteiger partial charge is 0.146 e. The third-order valence-corrected chi connectivity index (χ3v) is 2.89. The number of thiazole rings is 1. The molecular formula is C10H7N3S. The van der Waals surface area contributed by atoms with E-state index in [4.69, 9.17) is 0 Å². The highest BCUT2D eigenvalue weighted by Gasteiger charge is 2.05. The van der Waals surface area contributed by atoms with Gasteiger partial charge in [0, 0.05) is 30.2 Å². The van der Waals surface area contributed by atoms with Crippen LogP contribution in [-0.2, 0) is 0 Å². The van der Waals surface area contributed by atoms with Gasteiger partial charge in [0.25, 0.3) is 0 Å². The van der Waals surface area contributed by atoms with Crippen molar-refractivity contribution in [2.24, 2.45) is 0 Å². The lowest BCUT2D eigenvalue weighted by atomic mass is 10.3. The first-order valence-electron chi connectivity index (χ1n) is 4.27. The molecule has 0 saturated carbocycles. The molecule has 68 valence electrons. The Morgan fingerprint density at radius 1 is 1.14 bits per heavy atom. The van der Waals surface area contributed by atoms with Crippen molar-refractivity contribution in [3.05, 3.63) is 42.3 Å². The van der Waals surface area contributed by atoms with Crippen LogP contribution in [0.2, 0.25) is 0 Å². The van der Waals surface area contributed by atoms with Crippen molar-refractivity contribution in [1.82, 2.24) is 14.4 Å². The standard InChI is InChI=1S/C10H7N3S/c1-2-8(10-12-4-7-14-10)9-11-3-6-13(9)5-1/h1-7H. The average Bonchev–Trinajstić information content (AvgIpc) is 2.88. The third kappa shape index (κ3) is 1.04. The zero-order valence-corrected chi connectivity index (χ0v) is 8.11. The minimum atomic E-state index is 0.961. The van der Waals surface area contributed by atoms with Gasteiger partial charge in [-0.3, -0.25) is 0 Å². The SMILES string of the molecule is c1cc(-c2nccs2)c2nccn2c1. The van der Waals surface area contributed by atoms with Crippen molar-refractivity contribution in [2.45, 2.75) is 0 Å². The van der Waals surface area contributed by atoms with Crippen LogP contribution in [0.5, 0.6) is 0 Å². The lowest BCUT2D eigenvalue weighted by molar-refractivity contribution is 1.19. The molecule has 0 N–H and O–H groups in total. The molecule has 0 bridgehead atoms. The lowest BCUT2D eigenvalue weighted by Gasteiger charge is -1.98. The predicted molar refractivity (Wildman–Crippen MR) is 56.3 cm³/mol. The van der Waals surface area contributed by atoms with Crippen molar-refractivity contribution in [3.63, 3.8) is 0 Å². The maximum Gasteiger partial charge on any atom is 0.146 e. The zero-order valence-electron chi connectivity index (χ0n) is 7.29. The van der Waals surface area contributed by atoms with E-state index in [0.717, 1.165) is 16.2 Å². The maximum absolute atomic E-state index is 4.30. The van der Waals surface area contributed by atoms with Gasteiger partial charge >= 0.3 is 0 Å². The number of pyridine rings is 1. The molecule has 0 spiro atoms. The average molecular weight is 201 g/mol. The van der Waals surface area contributed by atoms with Crippen LogP contribution >= 0.6 is 11.3 Å². The maximum atomic E-state index is 4.30. The molecule has 0 radical (unpaired) electrons. The summed E-state index contributed by atoms with van der Waals surface area (Å²) >= 11 is 1.63. The van der Waals surface area contributed by atoms with Gasteiger partial charge in [0.05, 0.1) is 5.56 Å². The summed E-state index contributed by atoms with van der Waals surface area (Å²) in [5.74, 6) is 0. The highest BCUT2D eigenvalue weighted by atomic mass is 32.1. The second-order valence-corrected chi connectivity index (χ2v) is 3.81. The minimum Gasteiger partial charge on any atom is -0.307 e. The fourth-order valence-electron chi connectivity index (χ4n) is 1.47. The van der Waals surface area contributed by atoms with Gasteiger partial charge in [0.15, 0.2) is 0 Å². The molecule has 3 nitrogen and oxygen atoms in total. The molecule has 0 atom stereocenters. The Kier molecular flexibility index (Phi) is 1.61. The third-order valence-electron chi connectivity index (χ3n) is 2.08. The summed E-state index contributed by atoms with van der Waals surface area (Å²) in [7, 11) is 0. The van der Waals surface area contributed by atoms with E-state index in [2.05, 4.69) is 9.97 Å². The normalized spacial score (nSPS) is 10.9. The largest absolute Gasteiger partial charge is 0.307 e. The number of fused-ring (bicyclic) bond motifs is 1. The van der Waals surface area contributed by atoms with Gasteiger partial charge in [-0.25, -0.2) is 9.97 Å². The second kappa shape index (κ2) is 2.92. The second-order valence-electron chi connectivity index (χ2n) is 2.92. The van der Waals surface area contributed by atoms with Gasteiger partial charge in [-0.2, -0.15) is 0 Å². The van der Waals surface area contributed by atoms with Crippen LogP contribution in [-0.4, -0.2) is 14.4 Å². The highest BCUT2D eigenvalue weighted by molar-refractivity contribution is 7.13. The fraction of sp³-hybridized carbons (Fsp3) is 0. The molecule has 3 aromatic rings. The number of imidazole rings is 1. The quantitative estimate of drug-likeness (QED) is 0.605. The molecular weight excluding hydrogens is 194 g/mol. The van der Waals surface area contributed by atoms with E-state index >= 15 is 0 Å². The Morgan fingerprint density at radius 3 is 3.00 bits per heavy atom. The Labute approximate surface area is 84.7 Å². The van der Waals surface area contributed by atoms with E-state index in [1.54, 1.807) is 17.5 Å². The van der Waals surface area contributed by atoms with Gasteiger partial charge in [-0.05, 0) is 12.1 Å². The number of nitrogens with zero attached hydrogens (tertiary/aromatic N) is 3. The molecule has 14 heavy (non-hydrogen) atoms. The van der Waals surface area contributed by atoms with Gasteiger partial charge in [0.2, 0.25) is 0 Å².